The number of hydrogen-bond acceptors (Lipinski definition) is 3. The molecule has 2 amide bonds. The maximum Gasteiger partial charge on any atom is 0.224 e. The predicted molar refractivity (Wildman–Crippen MR) is 92.8 cm³/mol. The quantitative estimate of drug-likeness (QED) is 0.818. The number of aromatic nitrogens is 1. The van der Waals surface area contributed by atoms with Crippen molar-refractivity contribution in [3.05, 3.63) is 66.0 Å². The van der Waals surface area contributed by atoms with E-state index in [1.165, 1.54) is 0 Å². The zero-order valence-corrected chi connectivity index (χ0v) is 14.0. The van der Waals surface area contributed by atoms with Crippen molar-refractivity contribution in [3.8, 4) is 0 Å². The molecule has 0 aliphatic carbocycles. The van der Waals surface area contributed by atoms with Crippen molar-refractivity contribution in [1.29, 1.82) is 0 Å². The molecule has 0 aliphatic rings. The van der Waals surface area contributed by atoms with Crippen LogP contribution in [0, 0.1) is 11.8 Å². The van der Waals surface area contributed by atoms with Crippen LogP contribution in [0.1, 0.15) is 31.1 Å². The second-order valence-corrected chi connectivity index (χ2v) is 5.98. The van der Waals surface area contributed by atoms with Gasteiger partial charge in [-0.3, -0.25) is 14.6 Å². The van der Waals surface area contributed by atoms with Gasteiger partial charge in [-0.05, 0) is 17.7 Å². The highest BCUT2D eigenvalue weighted by Gasteiger charge is 2.26. The number of hydrogen-bond donors (Lipinski definition) is 2. The first-order valence-electron chi connectivity index (χ1n) is 8.03. The fourth-order valence-electron chi connectivity index (χ4n) is 2.44. The number of carbonyl (C=O) groups is 2. The number of nitrogens with two attached hydrogens (primary N) is 1. The minimum Gasteiger partial charge on any atom is -0.369 e. The lowest BCUT2D eigenvalue weighted by Crippen LogP contribution is -2.39. The standard InChI is InChI=1S/C19H23N3O2/c1-13(18(20)23)14(2)19(24)22-17(15-8-4-3-5-9-15)12-16-10-6-7-11-21-16/h3-11,13-14,17H,12H2,1-2H3,(H2,20,23)(H,22,24)/t13?,14-,17?/m0/s1. The average Bonchev–Trinajstić information content (AvgIpc) is 2.61. The van der Waals surface area contributed by atoms with E-state index in [2.05, 4.69) is 10.3 Å². The summed E-state index contributed by atoms with van der Waals surface area (Å²) in [5.74, 6) is -1.67. The minimum atomic E-state index is -0.517. The van der Waals surface area contributed by atoms with Crippen molar-refractivity contribution in [3.63, 3.8) is 0 Å². The number of carbonyl (C=O) groups excluding carboxylic acids is 2. The molecule has 2 aromatic rings. The second kappa shape index (κ2) is 8.24. The van der Waals surface area contributed by atoms with Crippen molar-refractivity contribution in [2.75, 3.05) is 0 Å². The lowest BCUT2D eigenvalue weighted by atomic mass is 9.93. The molecule has 2 unspecified atom stereocenters. The number of benzene rings is 1. The molecule has 3 atom stereocenters. The summed E-state index contributed by atoms with van der Waals surface area (Å²) in [7, 11) is 0. The summed E-state index contributed by atoms with van der Waals surface area (Å²) < 4.78 is 0. The van der Waals surface area contributed by atoms with Crippen LogP contribution >= 0.6 is 0 Å². The number of amides is 2. The molecule has 0 saturated heterocycles. The molecular formula is C19H23N3O2. The maximum absolute atomic E-state index is 12.5. The van der Waals surface area contributed by atoms with Gasteiger partial charge in [-0.15, -0.1) is 0 Å². The Morgan fingerprint density at radius 1 is 1.04 bits per heavy atom. The van der Waals surface area contributed by atoms with Crippen LogP contribution in [0.3, 0.4) is 0 Å². The molecular weight excluding hydrogens is 302 g/mol. The van der Waals surface area contributed by atoms with Crippen molar-refractivity contribution < 1.29 is 9.59 Å². The molecule has 0 aliphatic heterocycles. The van der Waals surface area contributed by atoms with Gasteiger partial charge in [-0.2, -0.15) is 0 Å². The monoisotopic (exact) mass is 325 g/mol. The Labute approximate surface area is 142 Å². The van der Waals surface area contributed by atoms with E-state index in [9.17, 15) is 9.59 Å². The van der Waals surface area contributed by atoms with Crippen molar-refractivity contribution in [1.82, 2.24) is 10.3 Å². The number of nitrogens with zero attached hydrogens (tertiary/aromatic N) is 1. The van der Waals surface area contributed by atoms with E-state index in [1.807, 2.05) is 48.5 Å². The first-order valence-corrected chi connectivity index (χ1v) is 8.03. The Kier molecular flexibility index (Phi) is 6.07. The first-order chi connectivity index (χ1) is 11.5. The summed E-state index contributed by atoms with van der Waals surface area (Å²) >= 11 is 0. The van der Waals surface area contributed by atoms with E-state index in [0.717, 1.165) is 11.3 Å². The van der Waals surface area contributed by atoms with Crippen LogP contribution in [0.2, 0.25) is 0 Å². The van der Waals surface area contributed by atoms with E-state index in [0.29, 0.717) is 6.42 Å². The molecule has 3 N–H and O–H groups in total. The highest BCUT2D eigenvalue weighted by molar-refractivity contribution is 5.86. The smallest absolute Gasteiger partial charge is 0.224 e. The number of pyridine rings is 1. The van der Waals surface area contributed by atoms with E-state index >= 15 is 0 Å². The zero-order chi connectivity index (χ0) is 17.5. The molecule has 0 saturated carbocycles. The Morgan fingerprint density at radius 2 is 1.71 bits per heavy atom. The third-order valence-corrected chi connectivity index (χ3v) is 4.27. The normalized spacial score (nSPS) is 14.4. The van der Waals surface area contributed by atoms with E-state index < -0.39 is 17.7 Å². The van der Waals surface area contributed by atoms with Gasteiger partial charge in [-0.25, -0.2) is 0 Å². The van der Waals surface area contributed by atoms with E-state index in [-0.39, 0.29) is 11.9 Å². The number of nitrogens with one attached hydrogen (secondary N) is 1. The zero-order valence-electron chi connectivity index (χ0n) is 14.0. The van der Waals surface area contributed by atoms with Crippen molar-refractivity contribution >= 4 is 11.8 Å². The van der Waals surface area contributed by atoms with Gasteiger partial charge < -0.3 is 11.1 Å². The van der Waals surface area contributed by atoms with Crippen LogP contribution in [0.25, 0.3) is 0 Å². The first kappa shape index (κ1) is 17.7. The highest BCUT2D eigenvalue weighted by Crippen LogP contribution is 2.19. The molecule has 5 heteroatoms. The number of primary amides is 1. The number of rotatable bonds is 7. The predicted octanol–water partition coefficient (Wildman–Crippen LogP) is 2.24. The van der Waals surface area contributed by atoms with Gasteiger partial charge in [0.05, 0.1) is 6.04 Å². The van der Waals surface area contributed by atoms with Crippen LogP contribution in [-0.2, 0) is 16.0 Å². The van der Waals surface area contributed by atoms with Crippen molar-refractivity contribution in [2.45, 2.75) is 26.3 Å². The highest BCUT2D eigenvalue weighted by atomic mass is 16.2. The minimum absolute atomic E-state index is 0.189. The third kappa shape index (κ3) is 4.65. The summed E-state index contributed by atoms with van der Waals surface area (Å²) in [4.78, 5) is 28.2. The van der Waals surface area contributed by atoms with Crippen LogP contribution in [0.5, 0.6) is 0 Å². The summed E-state index contributed by atoms with van der Waals surface area (Å²) in [5, 5.41) is 3.03. The second-order valence-electron chi connectivity index (χ2n) is 5.98. The molecule has 126 valence electrons. The Balaban J connectivity index is 2.17. The molecule has 2 rings (SSSR count). The largest absolute Gasteiger partial charge is 0.369 e. The molecule has 1 heterocycles. The molecule has 1 aromatic carbocycles. The van der Waals surface area contributed by atoms with Gasteiger partial charge in [0.25, 0.3) is 0 Å². The van der Waals surface area contributed by atoms with Gasteiger partial charge in [0.1, 0.15) is 0 Å². The Bertz CT molecular complexity index is 674. The van der Waals surface area contributed by atoms with Gasteiger partial charge >= 0.3 is 0 Å². The maximum atomic E-state index is 12.5. The SMILES string of the molecule is CC(C(N)=O)[C@H](C)C(=O)NC(Cc1ccccn1)c1ccccc1. The average molecular weight is 325 g/mol. The molecule has 1 aromatic heterocycles. The van der Waals surface area contributed by atoms with Crippen LogP contribution in [-0.4, -0.2) is 16.8 Å². The molecule has 0 fully saturated rings. The van der Waals surface area contributed by atoms with Gasteiger partial charge in [-0.1, -0.05) is 50.2 Å². The molecule has 5 nitrogen and oxygen atoms in total. The summed E-state index contributed by atoms with van der Waals surface area (Å²) in [5.41, 5.74) is 7.20. The topological polar surface area (TPSA) is 85.1 Å². The third-order valence-electron chi connectivity index (χ3n) is 4.27. The Morgan fingerprint density at radius 3 is 2.29 bits per heavy atom. The van der Waals surface area contributed by atoms with E-state index in [4.69, 9.17) is 5.73 Å². The molecule has 0 bridgehead atoms. The fraction of sp³-hybridized carbons (Fsp3) is 0.316. The lowest BCUT2D eigenvalue weighted by molar-refractivity contribution is -0.132. The van der Waals surface area contributed by atoms with Crippen LogP contribution in [0.15, 0.2) is 54.7 Å². The van der Waals surface area contributed by atoms with Gasteiger partial charge in [0, 0.05) is 30.1 Å². The fourth-order valence-corrected chi connectivity index (χ4v) is 2.44. The van der Waals surface area contributed by atoms with Crippen LogP contribution < -0.4 is 11.1 Å². The van der Waals surface area contributed by atoms with Gasteiger partial charge in [0.15, 0.2) is 0 Å². The molecule has 0 radical (unpaired) electrons. The Hall–Kier alpha value is -2.69. The molecule has 24 heavy (non-hydrogen) atoms. The summed E-state index contributed by atoms with van der Waals surface area (Å²) in [6, 6.07) is 15.2. The van der Waals surface area contributed by atoms with Crippen LogP contribution in [0.4, 0.5) is 0 Å². The molecule has 0 spiro atoms. The summed E-state index contributed by atoms with van der Waals surface area (Å²) in [6.45, 7) is 3.39. The summed E-state index contributed by atoms with van der Waals surface area (Å²) in [6.07, 6.45) is 2.31. The lowest BCUT2D eigenvalue weighted by Gasteiger charge is -2.23. The van der Waals surface area contributed by atoms with Gasteiger partial charge in [0.2, 0.25) is 11.8 Å². The van der Waals surface area contributed by atoms with E-state index in [1.54, 1.807) is 20.0 Å². The van der Waals surface area contributed by atoms with Crippen molar-refractivity contribution in [2.24, 2.45) is 17.6 Å².